The van der Waals surface area contributed by atoms with Crippen molar-refractivity contribution < 1.29 is 14.4 Å². The molecular formula is C19H24BrN3O4. The summed E-state index contributed by atoms with van der Waals surface area (Å²) in [5, 5.41) is 0.556. The topological polar surface area (TPSA) is 82.5 Å². The van der Waals surface area contributed by atoms with Crippen LogP contribution in [0.3, 0.4) is 0 Å². The van der Waals surface area contributed by atoms with Gasteiger partial charge in [0.05, 0.1) is 17.2 Å². The fraction of sp³-hybridized carbons (Fsp3) is 0.526. The molecule has 1 fully saturated rings. The number of nitrogens with zero attached hydrogens (tertiary/aromatic N) is 2. The number of carbonyl (C=O) groups excluding carboxylic acids is 1. The smallest absolute Gasteiger partial charge is 0.261 e. The number of ether oxygens (including phenoxy) is 1. The molecular weight excluding hydrogens is 414 g/mol. The molecule has 8 heteroatoms. The Morgan fingerprint density at radius 1 is 1.44 bits per heavy atom. The first-order chi connectivity index (χ1) is 12.9. The predicted molar refractivity (Wildman–Crippen MR) is 105 cm³/mol. The molecule has 2 aromatic rings. The van der Waals surface area contributed by atoms with Crippen LogP contribution in [0.4, 0.5) is 0 Å². The molecule has 1 aliphatic rings. The molecule has 1 amide bonds. The van der Waals surface area contributed by atoms with E-state index in [4.69, 9.17) is 9.57 Å². The van der Waals surface area contributed by atoms with E-state index in [0.717, 1.165) is 23.7 Å². The van der Waals surface area contributed by atoms with Gasteiger partial charge < -0.3 is 4.74 Å². The normalized spacial score (nSPS) is 17.8. The second-order valence-electron chi connectivity index (χ2n) is 7.38. The lowest BCUT2D eigenvalue weighted by Crippen LogP contribution is -2.41. The number of nitrogens with one attached hydrogen (secondary N) is 1. The molecule has 1 aromatic heterocycles. The second-order valence-corrected chi connectivity index (χ2v) is 8.30. The number of hydroxylamine groups is 1. The molecule has 1 aliphatic heterocycles. The lowest BCUT2D eigenvalue weighted by molar-refractivity contribution is -0.204. The van der Waals surface area contributed by atoms with E-state index < -0.39 is 5.41 Å². The van der Waals surface area contributed by atoms with Crippen molar-refractivity contribution in [2.45, 2.75) is 52.4 Å². The van der Waals surface area contributed by atoms with Gasteiger partial charge in [-0.2, -0.15) is 0 Å². The van der Waals surface area contributed by atoms with E-state index in [2.05, 4.69) is 26.4 Å². The summed E-state index contributed by atoms with van der Waals surface area (Å²) in [6.07, 6.45) is 4.43. The molecule has 0 saturated carbocycles. The first kappa shape index (κ1) is 20.0. The monoisotopic (exact) mass is 437 g/mol. The van der Waals surface area contributed by atoms with Crippen LogP contribution in [-0.2, 0) is 20.9 Å². The van der Waals surface area contributed by atoms with Gasteiger partial charge in [-0.3, -0.25) is 14.2 Å². The average Bonchev–Trinajstić information content (AvgIpc) is 2.66. The maximum atomic E-state index is 12.6. The van der Waals surface area contributed by atoms with Crippen molar-refractivity contribution in [1.29, 1.82) is 0 Å². The van der Waals surface area contributed by atoms with Crippen molar-refractivity contribution in [2.75, 3.05) is 6.61 Å². The SMILES string of the molecule is CC(C)(CCn1cnc2cc(Br)ccc2c1=O)C(=O)NO[C@@H]1CCCCO1. The Morgan fingerprint density at radius 2 is 2.26 bits per heavy atom. The number of hydrogen-bond acceptors (Lipinski definition) is 5. The molecule has 0 aliphatic carbocycles. The molecule has 146 valence electrons. The molecule has 7 nitrogen and oxygen atoms in total. The van der Waals surface area contributed by atoms with Crippen LogP contribution in [0.25, 0.3) is 10.9 Å². The zero-order valence-electron chi connectivity index (χ0n) is 15.5. The summed E-state index contributed by atoms with van der Waals surface area (Å²) in [4.78, 5) is 34.8. The summed E-state index contributed by atoms with van der Waals surface area (Å²) >= 11 is 3.38. The quantitative estimate of drug-likeness (QED) is 0.701. The summed E-state index contributed by atoms with van der Waals surface area (Å²) in [6, 6.07) is 5.38. The summed E-state index contributed by atoms with van der Waals surface area (Å²) in [7, 11) is 0. The molecule has 3 rings (SSSR count). The first-order valence-electron chi connectivity index (χ1n) is 9.09. The van der Waals surface area contributed by atoms with Gasteiger partial charge in [0.2, 0.25) is 5.91 Å². The van der Waals surface area contributed by atoms with Crippen LogP contribution in [-0.4, -0.2) is 28.4 Å². The Hall–Kier alpha value is -1.77. The van der Waals surface area contributed by atoms with Gasteiger partial charge >= 0.3 is 0 Å². The molecule has 0 radical (unpaired) electrons. The van der Waals surface area contributed by atoms with Crippen LogP contribution in [0.5, 0.6) is 0 Å². The highest BCUT2D eigenvalue weighted by Gasteiger charge is 2.29. The van der Waals surface area contributed by atoms with Gasteiger partial charge in [0.25, 0.3) is 5.56 Å². The number of halogens is 1. The number of aryl methyl sites for hydroxylation is 1. The number of amides is 1. The number of fused-ring (bicyclic) bond motifs is 1. The summed E-state index contributed by atoms with van der Waals surface area (Å²) < 4.78 is 7.85. The summed E-state index contributed by atoms with van der Waals surface area (Å²) in [5.74, 6) is -0.234. The first-order valence-corrected chi connectivity index (χ1v) is 9.88. The van der Waals surface area contributed by atoms with Crippen LogP contribution < -0.4 is 11.0 Å². The van der Waals surface area contributed by atoms with Crippen molar-refractivity contribution >= 4 is 32.7 Å². The van der Waals surface area contributed by atoms with Crippen molar-refractivity contribution in [1.82, 2.24) is 15.0 Å². The minimum absolute atomic E-state index is 0.115. The van der Waals surface area contributed by atoms with E-state index >= 15 is 0 Å². The van der Waals surface area contributed by atoms with Gasteiger partial charge in [0.1, 0.15) is 0 Å². The minimum Gasteiger partial charge on any atom is -0.350 e. The van der Waals surface area contributed by atoms with Gasteiger partial charge in [-0.15, -0.1) is 0 Å². The van der Waals surface area contributed by atoms with Crippen molar-refractivity contribution in [2.24, 2.45) is 5.41 Å². The second kappa shape index (κ2) is 8.50. The average molecular weight is 438 g/mol. The predicted octanol–water partition coefficient (Wildman–Crippen LogP) is 3.15. The Kier molecular flexibility index (Phi) is 6.29. The highest BCUT2D eigenvalue weighted by Crippen LogP contribution is 2.22. The highest BCUT2D eigenvalue weighted by molar-refractivity contribution is 9.10. The Labute approximate surface area is 166 Å². The molecule has 1 aromatic carbocycles. The van der Waals surface area contributed by atoms with E-state index in [-0.39, 0.29) is 17.8 Å². The number of benzene rings is 1. The summed E-state index contributed by atoms with van der Waals surface area (Å²) in [5.41, 5.74) is 2.33. The lowest BCUT2D eigenvalue weighted by atomic mass is 9.88. The number of aromatic nitrogens is 2. The largest absolute Gasteiger partial charge is 0.350 e. The number of rotatable bonds is 6. The van der Waals surface area contributed by atoms with E-state index in [9.17, 15) is 9.59 Å². The van der Waals surface area contributed by atoms with Crippen LogP contribution in [0.2, 0.25) is 0 Å². The van der Waals surface area contributed by atoms with E-state index in [0.29, 0.717) is 30.5 Å². The van der Waals surface area contributed by atoms with Gasteiger partial charge in [0, 0.05) is 29.5 Å². The maximum absolute atomic E-state index is 12.6. The summed E-state index contributed by atoms with van der Waals surface area (Å²) in [6.45, 7) is 4.69. The Morgan fingerprint density at radius 3 is 3.00 bits per heavy atom. The third-order valence-electron chi connectivity index (χ3n) is 4.80. The molecule has 2 heterocycles. The zero-order chi connectivity index (χ0) is 19.4. The van der Waals surface area contributed by atoms with Crippen LogP contribution >= 0.6 is 15.9 Å². The van der Waals surface area contributed by atoms with Gasteiger partial charge in [-0.1, -0.05) is 29.8 Å². The molecule has 0 bridgehead atoms. The molecule has 1 saturated heterocycles. The van der Waals surface area contributed by atoms with Gasteiger partial charge in [0.15, 0.2) is 6.29 Å². The van der Waals surface area contributed by atoms with E-state index in [1.54, 1.807) is 6.07 Å². The van der Waals surface area contributed by atoms with Crippen LogP contribution in [0.1, 0.15) is 39.5 Å². The molecule has 1 atom stereocenters. The zero-order valence-corrected chi connectivity index (χ0v) is 17.1. The minimum atomic E-state index is -0.706. The van der Waals surface area contributed by atoms with Crippen LogP contribution in [0, 0.1) is 5.41 Å². The Bertz CT molecular complexity index is 875. The Balaban J connectivity index is 1.61. The van der Waals surface area contributed by atoms with Gasteiger partial charge in [-0.05, 0) is 37.5 Å². The maximum Gasteiger partial charge on any atom is 0.261 e. The van der Waals surface area contributed by atoms with E-state index in [1.807, 2.05) is 26.0 Å². The van der Waals surface area contributed by atoms with Gasteiger partial charge in [-0.25, -0.2) is 15.3 Å². The highest BCUT2D eigenvalue weighted by atomic mass is 79.9. The van der Waals surface area contributed by atoms with E-state index in [1.165, 1.54) is 10.9 Å². The number of hydrogen-bond donors (Lipinski definition) is 1. The molecule has 0 spiro atoms. The third kappa shape index (κ3) is 4.94. The fourth-order valence-corrected chi connectivity index (χ4v) is 3.21. The van der Waals surface area contributed by atoms with Crippen LogP contribution in [0.15, 0.2) is 33.8 Å². The van der Waals surface area contributed by atoms with Crippen molar-refractivity contribution in [3.8, 4) is 0 Å². The molecule has 1 N–H and O–H groups in total. The molecule has 0 unspecified atom stereocenters. The third-order valence-corrected chi connectivity index (χ3v) is 5.29. The van der Waals surface area contributed by atoms with Crippen molar-refractivity contribution in [3.05, 3.63) is 39.4 Å². The lowest BCUT2D eigenvalue weighted by Gasteiger charge is -2.27. The standard InChI is InChI=1S/C19H24BrN3O4/c1-19(2,18(25)22-27-16-5-3-4-10-26-16)8-9-23-12-21-15-11-13(20)6-7-14(15)17(23)24/h6-7,11-12,16H,3-5,8-10H2,1-2H3,(H,22,25)/t16-/m1/s1. The fourth-order valence-electron chi connectivity index (χ4n) is 2.87. The van der Waals surface area contributed by atoms with Crippen molar-refractivity contribution in [3.63, 3.8) is 0 Å². The molecule has 27 heavy (non-hydrogen) atoms. The number of carbonyl (C=O) groups is 1.